The van der Waals surface area contributed by atoms with Crippen LogP contribution in [0.2, 0.25) is 0 Å². The van der Waals surface area contributed by atoms with Gasteiger partial charge >= 0.3 is 0 Å². The minimum atomic E-state index is -0.207. The molecule has 1 saturated heterocycles. The summed E-state index contributed by atoms with van der Waals surface area (Å²) in [5.74, 6) is -0.207. The zero-order valence-corrected chi connectivity index (χ0v) is 6.34. The van der Waals surface area contributed by atoms with Crippen LogP contribution in [0.4, 0.5) is 0 Å². The van der Waals surface area contributed by atoms with E-state index < -0.39 is 0 Å². The highest BCUT2D eigenvalue weighted by atomic mass is 16.1. The molecule has 1 unspecified atom stereocenters. The van der Waals surface area contributed by atoms with Crippen molar-refractivity contribution >= 4 is 5.91 Å². The molecule has 1 rings (SSSR count). The summed E-state index contributed by atoms with van der Waals surface area (Å²) < 4.78 is 0. The van der Waals surface area contributed by atoms with Crippen LogP contribution < -0.4 is 5.73 Å². The fourth-order valence-corrected chi connectivity index (χ4v) is 1.31. The molecule has 58 valence electrons. The topological polar surface area (TPSA) is 46.3 Å². The largest absolute Gasteiger partial charge is 0.368 e. The van der Waals surface area contributed by atoms with Crippen molar-refractivity contribution in [1.29, 1.82) is 0 Å². The number of likely N-dealkylation sites (tertiary alicyclic amines) is 1. The van der Waals surface area contributed by atoms with Gasteiger partial charge in [-0.2, -0.15) is 0 Å². The number of carbonyl (C=O) groups excluding carboxylic acids is 1. The quantitative estimate of drug-likeness (QED) is 0.588. The van der Waals surface area contributed by atoms with Crippen molar-refractivity contribution in [2.75, 3.05) is 13.1 Å². The Morgan fingerprint density at radius 2 is 2.00 bits per heavy atom. The highest BCUT2D eigenvalue weighted by molar-refractivity contribution is 5.79. The Hall–Kier alpha value is -0.570. The Balaban J connectivity index is 2.39. The lowest BCUT2D eigenvalue weighted by Gasteiger charge is -2.19. The predicted octanol–water partition coefficient (Wildman–Crippen LogP) is -0.0440. The lowest BCUT2D eigenvalue weighted by atomic mass is 10.3. The van der Waals surface area contributed by atoms with Crippen molar-refractivity contribution < 1.29 is 4.79 Å². The van der Waals surface area contributed by atoms with Crippen molar-refractivity contribution in [3.05, 3.63) is 0 Å². The van der Waals surface area contributed by atoms with E-state index in [4.69, 9.17) is 5.73 Å². The van der Waals surface area contributed by atoms with Gasteiger partial charge in [-0.05, 0) is 32.9 Å². The number of rotatable bonds is 2. The van der Waals surface area contributed by atoms with E-state index in [9.17, 15) is 4.79 Å². The van der Waals surface area contributed by atoms with Crippen LogP contribution in [0.25, 0.3) is 0 Å². The molecule has 1 atom stereocenters. The lowest BCUT2D eigenvalue weighted by molar-refractivity contribution is -0.122. The number of carbonyl (C=O) groups is 1. The van der Waals surface area contributed by atoms with Crippen molar-refractivity contribution in [2.45, 2.75) is 25.8 Å². The monoisotopic (exact) mass is 142 g/mol. The second kappa shape index (κ2) is 3.01. The minimum absolute atomic E-state index is 0.0671. The van der Waals surface area contributed by atoms with E-state index in [1.807, 2.05) is 6.92 Å². The summed E-state index contributed by atoms with van der Waals surface area (Å²) in [6.07, 6.45) is 2.41. The maximum atomic E-state index is 10.7. The Morgan fingerprint density at radius 1 is 1.50 bits per heavy atom. The summed E-state index contributed by atoms with van der Waals surface area (Å²) in [4.78, 5) is 12.8. The van der Waals surface area contributed by atoms with Crippen molar-refractivity contribution in [1.82, 2.24) is 4.90 Å². The van der Waals surface area contributed by atoms with Gasteiger partial charge in [0.15, 0.2) is 0 Å². The molecule has 0 bridgehead atoms. The molecule has 0 aliphatic carbocycles. The van der Waals surface area contributed by atoms with Gasteiger partial charge in [0, 0.05) is 0 Å². The minimum Gasteiger partial charge on any atom is -0.368 e. The molecule has 0 aromatic rings. The molecule has 0 spiro atoms. The fraction of sp³-hybridized carbons (Fsp3) is 0.857. The summed E-state index contributed by atoms with van der Waals surface area (Å²) >= 11 is 0. The first-order chi connectivity index (χ1) is 4.72. The van der Waals surface area contributed by atoms with E-state index in [0.717, 1.165) is 13.1 Å². The molecular weight excluding hydrogens is 128 g/mol. The van der Waals surface area contributed by atoms with E-state index in [0.29, 0.717) is 0 Å². The molecule has 2 N–H and O–H groups in total. The first-order valence-corrected chi connectivity index (χ1v) is 3.75. The molecule has 1 heterocycles. The first-order valence-electron chi connectivity index (χ1n) is 3.75. The van der Waals surface area contributed by atoms with E-state index in [1.165, 1.54) is 12.8 Å². The Bertz CT molecular complexity index is 130. The van der Waals surface area contributed by atoms with Crippen molar-refractivity contribution in [3.8, 4) is 0 Å². The van der Waals surface area contributed by atoms with E-state index >= 15 is 0 Å². The lowest BCUT2D eigenvalue weighted by Crippen LogP contribution is -2.40. The molecule has 3 heteroatoms. The highest BCUT2D eigenvalue weighted by Crippen LogP contribution is 2.10. The van der Waals surface area contributed by atoms with Gasteiger partial charge in [0.05, 0.1) is 6.04 Å². The van der Waals surface area contributed by atoms with Crippen LogP contribution in [0.5, 0.6) is 0 Å². The first kappa shape index (κ1) is 7.54. The third-order valence-electron chi connectivity index (χ3n) is 2.10. The number of primary amides is 1. The van der Waals surface area contributed by atoms with Gasteiger partial charge in [0.25, 0.3) is 0 Å². The maximum Gasteiger partial charge on any atom is 0.234 e. The van der Waals surface area contributed by atoms with Gasteiger partial charge in [0.1, 0.15) is 0 Å². The molecule has 0 aromatic carbocycles. The van der Waals surface area contributed by atoms with E-state index in [-0.39, 0.29) is 11.9 Å². The number of nitrogens with two attached hydrogens (primary N) is 1. The van der Waals surface area contributed by atoms with Crippen LogP contribution in [-0.2, 0) is 4.79 Å². The van der Waals surface area contributed by atoms with Gasteiger partial charge < -0.3 is 5.73 Å². The molecule has 1 aliphatic heterocycles. The summed E-state index contributed by atoms with van der Waals surface area (Å²) in [7, 11) is 0. The van der Waals surface area contributed by atoms with Gasteiger partial charge in [0.2, 0.25) is 5.91 Å². The SMILES string of the molecule is CC(C(N)=O)N1CCCC1. The second-order valence-electron chi connectivity index (χ2n) is 2.82. The third kappa shape index (κ3) is 1.48. The average Bonchev–Trinajstić information content (AvgIpc) is 2.36. The van der Waals surface area contributed by atoms with E-state index in [2.05, 4.69) is 4.90 Å². The van der Waals surface area contributed by atoms with Gasteiger partial charge in [-0.15, -0.1) is 0 Å². The summed E-state index contributed by atoms with van der Waals surface area (Å²) in [5, 5.41) is 0. The van der Waals surface area contributed by atoms with Gasteiger partial charge in [-0.25, -0.2) is 0 Å². The molecule has 0 saturated carbocycles. The molecule has 1 fully saturated rings. The number of amides is 1. The van der Waals surface area contributed by atoms with Crippen LogP contribution in [0.3, 0.4) is 0 Å². The van der Waals surface area contributed by atoms with Gasteiger partial charge in [-0.3, -0.25) is 9.69 Å². The summed E-state index contributed by atoms with van der Waals surface area (Å²) in [6, 6.07) is -0.0671. The normalized spacial score (nSPS) is 22.9. The second-order valence-corrected chi connectivity index (χ2v) is 2.82. The summed E-state index contributed by atoms with van der Waals surface area (Å²) in [6.45, 7) is 3.93. The number of hydrogen-bond donors (Lipinski definition) is 1. The molecular formula is C7H14N2O. The molecule has 10 heavy (non-hydrogen) atoms. The molecule has 0 radical (unpaired) electrons. The molecule has 3 nitrogen and oxygen atoms in total. The van der Waals surface area contributed by atoms with Crippen LogP contribution >= 0.6 is 0 Å². The number of nitrogens with zero attached hydrogens (tertiary/aromatic N) is 1. The molecule has 1 amide bonds. The maximum absolute atomic E-state index is 10.7. The van der Waals surface area contributed by atoms with Crippen molar-refractivity contribution in [2.24, 2.45) is 5.73 Å². The zero-order valence-electron chi connectivity index (χ0n) is 6.34. The zero-order chi connectivity index (χ0) is 7.56. The Morgan fingerprint density at radius 3 is 2.40 bits per heavy atom. The Kier molecular flexibility index (Phi) is 2.27. The molecule has 1 aliphatic rings. The summed E-state index contributed by atoms with van der Waals surface area (Å²) in [5.41, 5.74) is 5.14. The van der Waals surface area contributed by atoms with Crippen LogP contribution in [0.15, 0.2) is 0 Å². The molecule has 0 aromatic heterocycles. The van der Waals surface area contributed by atoms with Crippen LogP contribution in [0, 0.1) is 0 Å². The Labute approximate surface area is 61.2 Å². The van der Waals surface area contributed by atoms with Crippen LogP contribution in [-0.4, -0.2) is 29.9 Å². The highest BCUT2D eigenvalue weighted by Gasteiger charge is 2.21. The van der Waals surface area contributed by atoms with E-state index in [1.54, 1.807) is 0 Å². The predicted molar refractivity (Wildman–Crippen MR) is 39.5 cm³/mol. The van der Waals surface area contributed by atoms with Crippen molar-refractivity contribution in [3.63, 3.8) is 0 Å². The van der Waals surface area contributed by atoms with Gasteiger partial charge in [-0.1, -0.05) is 0 Å². The third-order valence-corrected chi connectivity index (χ3v) is 2.10. The average molecular weight is 142 g/mol. The number of hydrogen-bond acceptors (Lipinski definition) is 2. The smallest absolute Gasteiger partial charge is 0.234 e. The van der Waals surface area contributed by atoms with Crippen LogP contribution in [0.1, 0.15) is 19.8 Å². The standard InChI is InChI=1S/C7H14N2O/c1-6(7(8)10)9-4-2-3-5-9/h6H,2-5H2,1H3,(H2,8,10). The fourth-order valence-electron chi connectivity index (χ4n) is 1.31.